The molecule has 2 aliphatic rings. The molecule has 0 aliphatic carbocycles. The van der Waals surface area contributed by atoms with Crippen LogP contribution in [-0.4, -0.2) is 65.9 Å². The Morgan fingerprint density at radius 2 is 1.53 bits per heavy atom. The molecule has 3 heterocycles. The van der Waals surface area contributed by atoms with Crippen molar-refractivity contribution in [2.24, 2.45) is 5.92 Å². The van der Waals surface area contributed by atoms with Crippen LogP contribution in [0, 0.1) is 5.92 Å². The van der Waals surface area contributed by atoms with E-state index in [2.05, 4.69) is 9.88 Å². The molecule has 0 unspecified atom stereocenters. The fourth-order valence-electron chi connectivity index (χ4n) is 4.14. The third-order valence-corrected chi connectivity index (χ3v) is 5.94. The van der Waals surface area contributed by atoms with Crippen molar-refractivity contribution in [3.8, 4) is 0 Å². The van der Waals surface area contributed by atoms with Crippen molar-refractivity contribution < 1.29 is 9.59 Å². The highest BCUT2D eigenvalue weighted by molar-refractivity contribution is 5.92. The van der Waals surface area contributed by atoms with Crippen LogP contribution in [0.1, 0.15) is 18.4 Å². The molecule has 2 fully saturated rings. The van der Waals surface area contributed by atoms with E-state index in [0.29, 0.717) is 13.1 Å². The molecule has 4 rings (SSSR count). The molecule has 1 aromatic heterocycles. The lowest BCUT2D eigenvalue weighted by Crippen LogP contribution is -2.52. The molecule has 0 spiro atoms. The number of pyridine rings is 1. The summed E-state index contributed by atoms with van der Waals surface area (Å²) in [6.07, 6.45) is 6.76. The summed E-state index contributed by atoms with van der Waals surface area (Å²) in [5, 5.41) is 0. The first-order valence-electron chi connectivity index (χ1n) is 10.7. The molecular weight excluding hydrogens is 376 g/mol. The Labute approximate surface area is 177 Å². The molecule has 6 heteroatoms. The van der Waals surface area contributed by atoms with Gasteiger partial charge in [0.25, 0.3) is 0 Å². The molecule has 0 N–H and O–H groups in total. The summed E-state index contributed by atoms with van der Waals surface area (Å²) in [4.78, 5) is 35.9. The van der Waals surface area contributed by atoms with Gasteiger partial charge in [0.05, 0.1) is 0 Å². The standard InChI is InChI=1S/C24H28N4O2/c29-23(10-9-20-6-2-1-3-7-20)27-14-11-21(12-15-27)24(30)28-18-16-26(17-19-28)22-8-4-5-13-25-22/h1-10,13,21H,11-12,14-19H2/b10-9+. The Bertz CT molecular complexity index is 869. The van der Waals surface area contributed by atoms with Crippen LogP contribution < -0.4 is 4.90 Å². The zero-order chi connectivity index (χ0) is 20.8. The number of carbonyl (C=O) groups excluding carboxylic acids is 2. The number of piperazine rings is 1. The van der Waals surface area contributed by atoms with E-state index in [1.807, 2.05) is 64.4 Å². The van der Waals surface area contributed by atoms with Crippen LogP contribution in [0.2, 0.25) is 0 Å². The van der Waals surface area contributed by atoms with Gasteiger partial charge in [-0.15, -0.1) is 0 Å². The Hall–Kier alpha value is -3.15. The van der Waals surface area contributed by atoms with Crippen molar-refractivity contribution in [2.45, 2.75) is 12.8 Å². The van der Waals surface area contributed by atoms with Gasteiger partial charge >= 0.3 is 0 Å². The van der Waals surface area contributed by atoms with Crippen LogP contribution >= 0.6 is 0 Å². The molecule has 2 aromatic rings. The second kappa shape index (κ2) is 9.57. The third-order valence-electron chi connectivity index (χ3n) is 5.94. The second-order valence-corrected chi connectivity index (χ2v) is 7.84. The lowest BCUT2D eigenvalue weighted by atomic mass is 9.95. The van der Waals surface area contributed by atoms with Crippen molar-refractivity contribution in [3.63, 3.8) is 0 Å². The number of rotatable bonds is 4. The summed E-state index contributed by atoms with van der Waals surface area (Å²) in [6.45, 7) is 4.36. The summed E-state index contributed by atoms with van der Waals surface area (Å²) in [5.41, 5.74) is 1.01. The molecule has 0 saturated carbocycles. The minimum absolute atomic E-state index is 0.0218. The summed E-state index contributed by atoms with van der Waals surface area (Å²) >= 11 is 0. The number of aromatic nitrogens is 1. The monoisotopic (exact) mass is 404 g/mol. The molecule has 30 heavy (non-hydrogen) atoms. The number of benzene rings is 1. The van der Waals surface area contributed by atoms with Crippen LogP contribution in [0.15, 0.2) is 60.8 Å². The summed E-state index contributed by atoms with van der Waals surface area (Å²) in [5.74, 6) is 1.25. The molecule has 0 radical (unpaired) electrons. The van der Waals surface area contributed by atoms with E-state index in [4.69, 9.17) is 0 Å². The highest BCUT2D eigenvalue weighted by Gasteiger charge is 2.31. The van der Waals surface area contributed by atoms with Gasteiger partial charge in [-0.25, -0.2) is 4.98 Å². The molecule has 0 bridgehead atoms. The number of amides is 2. The minimum atomic E-state index is 0.0218. The highest BCUT2D eigenvalue weighted by atomic mass is 16.2. The van der Waals surface area contributed by atoms with Crippen molar-refractivity contribution in [2.75, 3.05) is 44.2 Å². The molecule has 2 amide bonds. The van der Waals surface area contributed by atoms with E-state index in [-0.39, 0.29) is 17.7 Å². The van der Waals surface area contributed by atoms with Gasteiger partial charge in [-0.05, 0) is 36.6 Å². The summed E-state index contributed by atoms with van der Waals surface area (Å²) in [7, 11) is 0. The number of hydrogen-bond donors (Lipinski definition) is 0. The number of nitrogens with zero attached hydrogens (tertiary/aromatic N) is 4. The zero-order valence-electron chi connectivity index (χ0n) is 17.2. The van der Waals surface area contributed by atoms with E-state index in [0.717, 1.165) is 50.4 Å². The van der Waals surface area contributed by atoms with E-state index >= 15 is 0 Å². The number of piperidine rings is 1. The van der Waals surface area contributed by atoms with Crippen LogP contribution in [0.4, 0.5) is 5.82 Å². The average molecular weight is 405 g/mol. The van der Waals surface area contributed by atoms with Gasteiger partial charge in [0.15, 0.2) is 0 Å². The lowest BCUT2D eigenvalue weighted by molar-refractivity contribution is -0.139. The number of likely N-dealkylation sites (tertiary alicyclic amines) is 1. The third kappa shape index (κ3) is 4.87. The van der Waals surface area contributed by atoms with Gasteiger partial charge in [-0.3, -0.25) is 9.59 Å². The van der Waals surface area contributed by atoms with Gasteiger partial charge in [0, 0.05) is 57.5 Å². The molecule has 0 atom stereocenters. The Kier molecular flexibility index (Phi) is 6.42. The first kappa shape index (κ1) is 20.1. The van der Waals surface area contributed by atoms with Crippen LogP contribution in [-0.2, 0) is 9.59 Å². The Balaban J connectivity index is 1.24. The van der Waals surface area contributed by atoms with Crippen molar-refractivity contribution in [1.29, 1.82) is 0 Å². The zero-order valence-corrected chi connectivity index (χ0v) is 17.2. The number of hydrogen-bond acceptors (Lipinski definition) is 4. The molecule has 2 aliphatic heterocycles. The first-order valence-corrected chi connectivity index (χ1v) is 10.7. The molecule has 156 valence electrons. The predicted molar refractivity (Wildman–Crippen MR) is 118 cm³/mol. The Morgan fingerprint density at radius 1 is 0.833 bits per heavy atom. The van der Waals surface area contributed by atoms with Crippen LogP contribution in [0.25, 0.3) is 6.08 Å². The maximum absolute atomic E-state index is 13.0. The minimum Gasteiger partial charge on any atom is -0.353 e. The van der Waals surface area contributed by atoms with Crippen molar-refractivity contribution >= 4 is 23.7 Å². The normalized spacial score (nSPS) is 18.1. The summed E-state index contributed by atoms with van der Waals surface area (Å²) in [6, 6.07) is 15.7. The van der Waals surface area contributed by atoms with Gasteiger partial charge in [-0.2, -0.15) is 0 Å². The van der Waals surface area contributed by atoms with Gasteiger partial charge in [-0.1, -0.05) is 36.4 Å². The fraction of sp³-hybridized carbons (Fsp3) is 0.375. The molecule has 2 saturated heterocycles. The maximum atomic E-state index is 13.0. The van der Waals surface area contributed by atoms with E-state index in [1.165, 1.54) is 0 Å². The van der Waals surface area contributed by atoms with Crippen molar-refractivity contribution in [1.82, 2.24) is 14.8 Å². The van der Waals surface area contributed by atoms with Crippen LogP contribution in [0.5, 0.6) is 0 Å². The quantitative estimate of drug-likeness (QED) is 0.736. The van der Waals surface area contributed by atoms with Crippen molar-refractivity contribution in [3.05, 3.63) is 66.4 Å². The topological polar surface area (TPSA) is 56.8 Å². The van der Waals surface area contributed by atoms with E-state index in [9.17, 15) is 9.59 Å². The maximum Gasteiger partial charge on any atom is 0.246 e. The van der Waals surface area contributed by atoms with Gasteiger partial charge < -0.3 is 14.7 Å². The van der Waals surface area contributed by atoms with E-state index < -0.39 is 0 Å². The Morgan fingerprint density at radius 3 is 2.20 bits per heavy atom. The smallest absolute Gasteiger partial charge is 0.246 e. The lowest BCUT2D eigenvalue weighted by Gasteiger charge is -2.38. The molecule has 1 aromatic carbocycles. The number of anilines is 1. The summed E-state index contributed by atoms with van der Waals surface area (Å²) < 4.78 is 0. The van der Waals surface area contributed by atoms with E-state index in [1.54, 1.807) is 12.3 Å². The van der Waals surface area contributed by atoms with Gasteiger partial charge in [0.1, 0.15) is 5.82 Å². The highest BCUT2D eigenvalue weighted by Crippen LogP contribution is 2.22. The molecular formula is C24H28N4O2. The van der Waals surface area contributed by atoms with Crippen LogP contribution in [0.3, 0.4) is 0 Å². The second-order valence-electron chi connectivity index (χ2n) is 7.84. The molecule has 6 nitrogen and oxygen atoms in total. The fourth-order valence-corrected chi connectivity index (χ4v) is 4.14. The SMILES string of the molecule is O=C(/C=C/c1ccccc1)N1CCC(C(=O)N2CCN(c3ccccn3)CC2)CC1. The first-order chi connectivity index (χ1) is 14.7. The van der Waals surface area contributed by atoms with Gasteiger partial charge in [0.2, 0.25) is 11.8 Å². The predicted octanol–water partition coefficient (Wildman–Crippen LogP) is 2.68. The average Bonchev–Trinajstić information content (AvgIpc) is 2.83. The largest absolute Gasteiger partial charge is 0.353 e. The number of carbonyl (C=O) groups is 2.